The predicted octanol–water partition coefficient (Wildman–Crippen LogP) is 2.57. The molecular formula is C22H26N2O5. The number of methoxy groups -OCH3 is 2. The third-order valence-corrected chi connectivity index (χ3v) is 4.76. The van der Waals surface area contributed by atoms with Crippen molar-refractivity contribution in [2.75, 3.05) is 32.3 Å². The van der Waals surface area contributed by atoms with E-state index in [2.05, 4.69) is 5.32 Å². The molecule has 0 radical (unpaired) electrons. The number of carbonyl (C=O) groups excluding carboxylic acids is 2. The van der Waals surface area contributed by atoms with Gasteiger partial charge in [0.2, 0.25) is 11.8 Å². The highest BCUT2D eigenvalue weighted by molar-refractivity contribution is 5.97. The number of carbonyl (C=O) groups is 2. The average Bonchev–Trinajstić information content (AvgIpc) is 3.08. The van der Waals surface area contributed by atoms with Crippen LogP contribution in [0.3, 0.4) is 0 Å². The molecule has 2 aromatic carbocycles. The molecule has 154 valence electrons. The third-order valence-electron chi connectivity index (χ3n) is 4.76. The molecule has 3 rings (SSSR count). The minimum absolute atomic E-state index is 0.00873. The molecule has 0 saturated carbocycles. The summed E-state index contributed by atoms with van der Waals surface area (Å²) in [5, 5.41) is 2.96. The molecule has 1 heterocycles. The molecule has 1 aliphatic heterocycles. The van der Waals surface area contributed by atoms with Gasteiger partial charge in [0.05, 0.1) is 33.3 Å². The summed E-state index contributed by atoms with van der Waals surface area (Å²) in [5.74, 6) is 1.82. The number of ether oxygens (including phenoxy) is 3. The monoisotopic (exact) mass is 398 g/mol. The van der Waals surface area contributed by atoms with Gasteiger partial charge in [0, 0.05) is 18.7 Å². The van der Waals surface area contributed by atoms with Gasteiger partial charge in [-0.1, -0.05) is 6.07 Å². The molecule has 1 fully saturated rings. The Hall–Kier alpha value is -3.22. The number of nitrogens with one attached hydrogen (secondary N) is 1. The van der Waals surface area contributed by atoms with E-state index in [0.717, 1.165) is 17.0 Å². The largest absolute Gasteiger partial charge is 0.494 e. The van der Waals surface area contributed by atoms with Crippen LogP contribution in [0, 0.1) is 0 Å². The fourth-order valence-corrected chi connectivity index (χ4v) is 3.40. The minimum Gasteiger partial charge on any atom is -0.494 e. The molecule has 0 spiro atoms. The van der Waals surface area contributed by atoms with Gasteiger partial charge in [0.1, 0.15) is 5.75 Å². The molecule has 29 heavy (non-hydrogen) atoms. The minimum atomic E-state index is -0.221. The van der Waals surface area contributed by atoms with Crippen molar-refractivity contribution >= 4 is 17.5 Å². The van der Waals surface area contributed by atoms with Crippen LogP contribution in [0.1, 0.15) is 18.9 Å². The third kappa shape index (κ3) is 4.99. The van der Waals surface area contributed by atoms with Crippen LogP contribution in [0.2, 0.25) is 0 Å². The molecule has 0 aliphatic carbocycles. The Morgan fingerprint density at radius 2 is 1.83 bits per heavy atom. The number of rotatable bonds is 8. The van der Waals surface area contributed by atoms with E-state index in [1.807, 2.05) is 37.3 Å². The zero-order chi connectivity index (χ0) is 20.8. The standard InChI is InChI=1S/C22H26N2O5/c1-4-29-18-8-6-17(7-9-18)24-14-16(13-22(24)26)23-21(25)12-15-5-10-19(27-2)20(11-15)28-3/h5-11,16H,4,12-14H2,1-3H3,(H,23,25). The highest BCUT2D eigenvalue weighted by atomic mass is 16.5. The van der Waals surface area contributed by atoms with E-state index in [1.165, 1.54) is 0 Å². The zero-order valence-corrected chi connectivity index (χ0v) is 16.9. The van der Waals surface area contributed by atoms with Crippen molar-refractivity contribution < 1.29 is 23.8 Å². The smallest absolute Gasteiger partial charge is 0.229 e. The number of amides is 2. The summed E-state index contributed by atoms with van der Waals surface area (Å²) >= 11 is 0. The van der Waals surface area contributed by atoms with Crippen LogP contribution in [0.25, 0.3) is 0 Å². The molecule has 1 aliphatic rings. The van der Waals surface area contributed by atoms with Crippen molar-refractivity contribution in [1.82, 2.24) is 5.32 Å². The highest BCUT2D eigenvalue weighted by Gasteiger charge is 2.31. The predicted molar refractivity (Wildman–Crippen MR) is 110 cm³/mol. The van der Waals surface area contributed by atoms with Gasteiger partial charge in [0.25, 0.3) is 0 Å². The Balaban J connectivity index is 1.58. The van der Waals surface area contributed by atoms with Crippen molar-refractivity contribution in [3.8, 4) is 17.2 Å². The Kier molecular flexibility index (Phi) is 6.59. The lowest BCUT2D eigenvalue weighted by atomic mass is 10.1. The summed E-state index contributed by atoms with van der Waals surface area (Å²) in [6, 6.07) is 12.6. The van der Waals surface area contributed by atoms with Crippen molar-refractivity contribution in [2.45, 2.75) is 25.8 Å². The number of hydrogen-bond acceptors (Lipinski definition) is 5. The van der Waals surface area contributed by atoms with Crippen molar-refractivity contribution in [3.63, 3.8) is 0 Å². The summed E-state index contributed by atoms with van der Waals surface area (Å²) in [6.07, 6.45) is 0.485. The van der Waals surface area contributed by atoms with E-state index >= 15 is 0 Å². The maximum absolute atomic E-state index is 12.5. The molecular weight excluding hydrogens is 372 g/mol. The van der Waals surface area contributed by atoms with Gasteiger partial charge in [-0.2, -0.15) is 0 Å². The van der Waals surface area contributed by atoms with Crippen LogP contribution in [-0.4, -0.2) is 45.2 Å². The van der Waals surface area contributed by atoms with Gasteiger partial charge < -0.3 is 24.4 Å². The average molecular weight is 398 g/mol. The first-order chi connectivity index (χ1) is 14.0. The molecule has 0 bridgehead atoms. The molecule has 0 aromatic heterocycles. The Morgan fingerprint density at radius 3 is 2.48 bits per heavy atom. The van der Waals surface area contributed by atoms with E-state index < -0.39 is 0 Å². The maximum atomic E-state index is 12.5. The second-order valence-corrected chi connectivity index (χ2v) is 6.77. The lowest BCUT2D eigenvalue weighted by Gasteiger charge is -2.18. The van der Waals surface area contributed by atoms with E-state index in [9.17, 15) is 9.59 Å². The normalized spacial score (nSPS) is 15.9. The Morgan fingerprint density at radius 1 is 1.10 bits per heavy atom. The van der Waals surface area contributed by atoms with Crippen molar-refractivity contribution in [2.24, 2.45) is 0 Å². The molecule has 1 N–H and O–H groups in total. The van der Waals surface area contributed by atoms with E-state index in [4.69, 9.17) is 14.2 Å². The second kappa shape index (κ2) is 9.32. The number of nitrogens with zero attached hydrogens (tertiary/aromatic N) is 1. The van der Waals surface area contributed by atoms with Crippen LogP contribution < -0.4 is 24.4 Å². The van der Waals surface area contributed by atoms with Gasteiger partial charge in [-0.3, -0.25) is 9.59 Å². The first kappa shape index (κ1) is 20.5. The zero-order valence-electron chi connectivity index (χ0n) is 16.9. The van der Waals surface area contributed by atoms with E-state index in [-0.39, 0.29) is 30.7 Å². The van der Waals surface area contributed by atoms with Crippen LogP contribution in [-0.2, 0) is 16.0 Å². The highest BCUT2D eigenvalue weighted by Crippen LogP contribution is 2.28. The molecule has 1 unspecified atom stereocenters. The first-order valence-electron chi connectivity index (χ1n) is 9.57. The van der Waals surface area contributed by atoms with E-state index in [1.54, 1.807) is 31.3 Å². The molecule has 2 amide bonds. The van der Waals surface area contributed by atoms with Crippen LogP contribution in [0.15, 0.2) is 42.5 Å². The van der Waals surface area contributed by atoms with Gasteiger partial charge in [-0.25, -0.2) is 0 Å². The fourth-order valence-electron chi connectivity index (χ4n) is 3.40. The van der Waals surface area contributed by atoms with Crippen LogP contribution in [0.5, 0.6) is 17.2 Å². The summed E-state index contributed by atoms with van der Waals surface area (Å²) < 4.78 is 15.9. The number of benzene rings is 2. The lowest BCUT2D eigenvalue weighted by Crippen LogP contribution is -2.38. The Labute approximate surface area is 170 Å². The Bertz CT molecular complexity index is 866. The number of hydrogen-bond donors (Lipinski definition) is 1. The summed E-state index contributed by atoms with van der Waals surface area (Å²) in [5.41, 5.74) is 1.61. The molecule has 1 atom stereocenters. The quantitative estimate of drug-likeness (QED) is 0.740. The second-order valence-electron chi connectivity index (χ2n) is 6.77. The van der Waals surface area contributed by atoms with Gasteiger partial charge >= 0.3 is 0 Å². The van der Waals surface area contributed by atoms with E-state index in [0.29, 0.717) is 24.7 Å². The summed E-state index contributed by atoms with van der Waals surface area (Å²) in [4.78, 5) is 26.6. The molecule has 1 saturated heterocycles. The molecule has 7 heteroatoms. The molecule has 7 nitrogen and oxygen atoms in total. The number of anilines is 1. The summed E-state index contributed by atoms with van der Waals surface area (Å²) in [6.45, 7) is 2.97. The van der Waals surface area contributed by atoms with Crippen LogP contribution in [0.4, 0.5) is 5.69 Å². The van der Waals surface area contributed by atoms with Gasteiger partial charge in [-0.15, -0.1) is 0 Å². The lowest BCUT2D eigenvalue weighted by molar-refractivity contribution is -0.121. The van der Waals surface area contributed by atoms with Gasteiger partial charge in [-0.05, 0) is 48.9 Å². The van der Waals surface area contributed by atoms with Gasteiger partial charge in [0.15, 0.2) is 11.5 Å². The topological polar surface area (TPSA) is 77.1 Å². The molecule has 2 aromatic rings. The fraction of sp³-hybridized carbons (Fsp3) is 0.364. The van der Waals surface area contributed by atoms with Crippen molar-refractivity contribution in [1.29, 1.82) is 0 Å². The van der Waals surface area contributed by atoms with Crippen molar-refractivity contribution in [3.05, 3.63) is 48.0 Å². The van der Waals surface area contributed by atoms with Crippen LogP contribution >= 0.6 is 0 Å². The SMILES string of the molecule is CCOc1ccc(N2CC(NC(=O)Cc3ccc(OC)c(OC)c3)CC2=O)cc1. The first-order valence-corrected chi connectivity index (χ1v) is 9.57. The summed E-state index contributed by atoms with van der Waals surface area (Å²) in [7, 11) is 3.12. The maximum Gasteiger partial charge on any atom is 0.229 e.